The number of rotatable bonds is 6. The third kappa shape index (κ3) is 4.27. The third-order valence-corrected chi connectivity index (χ3v) is 3.90. The highest BCUT2D eigenvalue weighted by atomic mass is 32.2. The Hall–Kier alpha value is -1.48. The first-order valence-corrected chi connectivity index (χ1v) is 8.26. The molecule has 0 saturated carbocycles. The van der Waals surface area contributed by atoms with Crippen LogP contribution in [0.3, 0.4) is 0 Å². The second-order valence-electron chi connectivity index (χ2n) is 4.23. The molecule has 2 rings (SSSR count). The molecule has 0 spiro atoms. The molecule has 0 aliphatic heterocycles. The van der Waals surface area contributed by atoms with Gasteiger partial charge in [-0.2, -0.15) is 8.42 Å². The van der Waals surface area contributed by atoms with Crippen LogP contribution in [0.1, 0.15) is 17.3 Å². The van der Waals surface area contributed by atoms with Crippen LogP contribution in [0.25, 0.3) is 0 Å². The van der Waals surface area contributed by atoms with Gasteiger partial charge in [-0.15, -0.1) is 11.3 Å². The van der Waals surface area contributed by atoms with Gasteiger partial charge in [-0.3, -0.25) is 9.27 Å². The number of aromatic nitrogens is 1. The molecular formula is C12H15N3O3S2. The molecule has 0 saturated heterocycles. The molecule has 20 heavy (non-hydrogen) atoms. The van der Waals surface area contributed by atoms with E-state index in [0.717, 1.165) is 17.7 Å². The molecule has 3 N–H and O–H groups in total. The van der Waals surface area contributed by atoms with Crippen molar-refractivity contribution in [2.45, 2.75) is 12.5 Å². The third-order valence-electron chi connectivity index (χ3n) is 2.80. The first-order chi connectivity index (χ1) is 9.48. The molecule has 0 fully saturated rings. The number of nitrogens with one attached hydrogen (secondary N) is 2. The van der Waals surface area contributed by atoms with Crippen LogP contribution in [-0.4, -0.2) is 25.0 Å². The van der Waals surface area contributed by atoms with Crippen LogP contribution in [-0.2, 0) is 16.7 Å². The summed E-state index contributed by atoms with van der Waals surface area (Å²) in [5.41, 5.74) is 4.14. The number of nitrogens with zero attached hydrogens (tertiary/aromatic N) is 1. The zero-order chi connectivity index (χ0) is 14.6. The van der Waals surface area contributed by atoms with E-state index >= 15 is 0 Å². The number of hydrogen-bond donors (Lipinski definition) is 3. The predicted octanol–water partition coefficient (Wildman–Crippen LogP) is 1.86. The van der Waals surface area contributed by atoms with E-state index in [1.165, 1.54) is 0 Å². The van der Waals surface area contributed by atoms with Crippen molar-refractivity contribution in [3.05, 3.63) is 46.4 Å². The van der Waals surface area contributed by atoms with Crippen molar-refractivity contribution in [3.63, 3.8) is 0 Å². The zero-order valence-electron chi connectivity index (χ0n) is 10.8. The molecule has 0 amide bonds. The minimum absolute atomic E-state index is 0.113. The van der Waals surface area contributed by atoms with Gasteiger partial charge in [0.15, 0.2) is 0 Å². The SMILES string of the molecule is CN[C@@H](Cc1ccc(NS(=O)(=O)O)cc1)c1cscn1. The van der Waals surface area contributed by atoms with E-state index in [0.29, 0.717) is 5.69 Å². The lowest BCUT2D eigenvalue weighted by Gasteiger charge is -2.14. The maximum Gasteiger partial charge on any atom is 0.357 e. The lowest BCUT2D eigenvalue weighted by atomic mass is 10.0. The van der Waals surface area contributed by atoms with Crippen LogP contribution in [0, 0.1) is 0 Å². The zero-order valence-corrected chi connectivity index (χ0v) is 12.4. The second-order valence-corrected chi connectivity index (χ2v) is 6.11. The number of anilines is 1. The molecule has 108 valence electrons. The average Bonchev–Trinajstić information content (AvgIpc) is 2.90. The summed E-state index contributed by atoms with van der Waals surface area (Å²) in [6.07, 6.45) is 0.742. The molecule has 1 aromatic carbocycles. The second kappa shape index (κ2) is 6.31. The van der Waals surface area contributed by atoms with Crippen molar-refractivity contribution >= 4 is 27.3 Å². The van der Waals surface area contributed by atoms with Gasteiger partial charge in [-0.25, -0.2) is 4.98 Å². The molecule has 0 unspecified atom stereocenters. The summed E-state index contributed by atoms with van der Waals surface area (Å²) < 4.78 is 32.1. The van der Waals surface area contributed by atoms with E-state index in [9.17, 15) is 8.42 Å². The van der Waals surface area contributed by atoms with Gasteiger partial charge in [0.05, 0.1) is 22.9 Å². The topological polar surface area (TPSA) is 91.3 Å². The molecule has 6 nitrogen and oxygen atoms in total. The highest BCUT2D eigenvalue weighted by Gasteiger charge is 2.12. The summed E-state index contributed by atoms with van der Waals surface area (Å²) in [4.78, 5) is 4.28. The highest BCUT2D eigenvalue weighted by Crippen LogP contribution is 2.19. The molecule has 8 heteroatoms. The van der Waals surface area contributed by atoms with Gasteiger partial charge in [-0.1, -0.05) is 12.1 Å². The molecule has 0 aliphatic rings. The number of thiazole rings is 1. The summed E-state index contributed by atoms with van der Waals surface area (Å²) in [7, 11) is -2.35. The van der Waals surface area contributed by atoms with Gasteiger partial charge in [0.2, 0.25) is 0 Å². The van der Waals surface area contributed by atoms with Crippen molar-refractivity contribution < 1.29 is 13.0 Å². The minimum atomic E-state index is -4.22. The predicted molar refractivity (Wildman–Crippen MR) is 79.2 cm³/mol. The van der Waals surface area contributed by atoms with Crippen LogP contribution < -0.4 is 10.0 Å². The number of benzene rings is 1. The van der Waals surface area contributed by atoms with E-state index in [1.807, 2.05) is 29.3 Å². The number of likely N-dealkylation sites (N-methyl/N-ethyl adjacent to an activating group) is 1. The molecular weight excluding hydrogens is 298 g/mol. The summed E-state index contributed by atoms with van der Waals surface area (Å²) in [6, 6.07) is 6.95. The normalized spacial score (nSPS) is 13.1. The summed E-state index contributed by atoms with van der Waals surface area (Å²) in [5.74, 6) is 0. The Morgan fingerprint density at radius 1 is 1.35 bits per heavy atom. The van der Waals surface area contributed by atoms with Crippen LogP contribution in [0.15, 0.2) is 35.2 Å². The van der Waals surface area contributed by atoms with Gasteiger partial charge >= 0.3 is 10.3 Å². The van der Waals surface area contributed by atoms with Gasteiger partial charge in [0.1, 0.15) is 0 Å². The van der Waals surface area contributed by atoms with Crippen molar-refractivity contribution in [1.29, 1.82) is 0 Å². The van der Waals surface area contributed by atoms with E-state index in [2.05, 4.69) is 10.3 Å². The van der Waals surface area contributed by atoms with Crippen LogP contribution in [0.2, 0.25) is 0 Å². The lowest BCUT2D eigenvalue weighted by molar-refractivity contribution is 0.489. The fourth-order valence-corrected chi connectivity index (χ4v) is 2.88. The maximum atomic E-state index is 10.7. The van der Waals surface area contributed by atoms with Crippen LogP contribution in [0.5, 0.6) is 0 Å². The fraction of sp³-hybridized carbons (Fsp3) is 0.250. The molecule has 0 radical (unpaired) electrons. The fourth-order valence-electron chi connectivity index (χ4n) is 1.84. The quantitative estimate of drug-likeness (QED) is 0.708. The largest absolute Gasteiger partial charge is 0.357 e. The van der Waals surface area contributed by atoms with Gasteiger partial charge in [-0.05, 0) is 31.2 Å². The lowest BCUT2D eigenvalue weighted by Crippen LogP contribution is -2.19. The first kappa shape index (κ1) is 14.9. The Kier molecular flexibility index (Phi) is 4.71. The maximum absolute atomic E-state index is 10.7. The van der Waals surface area contributed by atoms with Crippen molar-refractivity contribution in [1.82, 2.24) is 10.3 Å². The van der Waals surface area contributed by atoms with Crippen molar-refractivity contribution in [2.24, 2.45) is 0 Å². The Morgan fingerprint density at radius 2 is 2.05 bits per heavy atom. The van der Waals surface area contributed by atoms with E-state index in [-0.39, 0.29) is 6.04 Å². The number of hydrogen-bond acceptors (Lipinski definition) is 5. The monoisotopic (exact) mass is 313 g/mol. The van der Waals surface area contributed by atoms with Crippen molar-refractivity contribution in [2.75, 3.05) is 11.8 Å². The summed E-state index contributed by atoms with van der Waals surface area (Å²) in [5, 5.41) is 5.19. The Bertz CT molecular complexity index is 639. The van der Waals surface area contributed by atoms with Crippen LogP contribution in [0.4, 0.5) is 5.69 Å². The minimum Gasteiger partial charge on any atom is -0.311 e. The molecule has 1 aromatic heterocycles. The molecule has 1 heterocycles. The molecule has 0 bridgehead atoms. The summed E-state index contributed by atoms with van der Waals surface area (Å²) in [6.45, 7) is 0. The van der Waals surface area contributed by atoms with E-state index in [4.69, 9.17) is 4.55 Å². The molecule has 0 aliphatic carbocycles. The van der Waals surface area contributed by atoms with E-state index < -0.39 is 10.3 Å². The van der Waals surface area contributed by atoms with Crippen molar-refractivity contribution in [3.8, 4) is 0 Å². The van der Waals surface area contributed by atoms with Gasteiger partial charge in [0.25, 0.3) is 0 Å². The Labute approximate surface area is 121 Å². The Morgan fingerprint density at radius 3 is 2.55 bits per heavy atom. The van der Waals surface area contributed by atoms with Gasteiger partial charge in [0, 0.05) is 5.38 Å². The summed E-state index contributed by atoms with van der Waals surface area (Å²) >= 11 is 1.55. The molecule has 2 aromatic rings. The first-order valence-electron chi connectivity index (χ1n) is 5.87. The van der Waals surface area contributed by atoms with E-state index in [1.54, 1.807) is 29.0 Å². The Balaban J connectivity index is 2.06. The smallest absolute Gasteiger partial charge is 0.311 e. The average molecular weight is 313 g/mol. The van der Waals surface area contributed by atoms with Crippen LogP contribution >= 0.6 is 11.3 Å². The van der Waals surface area contributed by atoms with Gasteiger partial charge < -0.3 is 5.32 Å². The highest BCUT2D eigenvalue weighted by molar-refractivity contribution is 7.87. The standard InChI is InChI=1S/C12H15N3O3S2/c1-13-11(12-7-19-8-14-12)6-9-2-4-10(5-3-9)15-20(16,17)18/h2-5,7-8,11,13,15H,6H2,1H3,(H,16,17,18)/t11-/m0/s1. The molecule has 1 atom stereocenters.